The molecule has 1 N–H and O–H groups in total. The SMILES string of the molecule is C#Cc1cc(C#N)ccc1O. The Hall–Kier alpha value is -1.93. The molecule has 0 unspecified atom stereocenters. The molecular formula is C9H5NO. The number of aromatic hydroxyl groups is 1. The van der Waals surface area contributed by atoms with Crippen molar-refractivity contribution in [3.05, 3.63) is 29.3 Å². The molecule has 0 bridgehead atoms. The lowest BCUT2D eigenvalue weighted by Gasteiger charge is -1.95. The second-order valence-electron chi connectivity index (χ2n) is 1.99. The molecule has 1 rings (SSSR count). The minimum absolute atomic E-state index is 0.0338. The van der Waals surface area contributed by atoms with Gasteiger partial charge in [-0.25, -0.2) is 0 Å². The van der Waals surface area contributed by atoms with E-state index in [0.717, 1.165) is 0 Å². The molecule has 1 aromatic rings. The van der Waals surface area contributed by atoms with Crippen molar-refractivity contribution < 1.29 is 5.11 Å². The Morgan fingerprint density at radius 2 is 2.18 bits per heavy atom. The van der Waals surface area contributed by atoms with Gasteiger partial charge >= 0.3 is 0 Å². The molecule has 0 aromatic heterocycles. The number of phenolic OH excluding ortho intramolecular Hbond substituents is 1. The second kappa shape index (κ2) is 2.77. The molecule has 0 amide bonds. The molecule has 0 fully saturated rings. The van der Waals surface area contributed by atoms with Crippen molar-refractivity contribution in [3.63, 3.8) is 0 Å². The van der Waals surface area contributed by atoms with Crippen LogP contribution in [0.5, 0.6) is 5.75 Å². The number of benzene rings is 1. The van der Waals surface area contributed by atoms with Gasteiger partial charge in [0.05, 0.1) is 17.2 Å². The van der Waals surface area contributed by atoms with Crippen molar-refractivity contribution in [1.82, 2.24) is 0 Å². The highest BCUT2D eigenvalue weighted by atomic mass is 16.3. The van der Waals surface area contributed by atoms with E-state index in [4.69, 9.17) is 16.8 Å². The molecule has 0 saturated carbocycles. The smallest absolute Gasteiger partial charge is 0.131 e. The van der Waals surface area contributed by atoms with Crippen LogP contribution in [-0.4, -0.2) is 5.11 Å². The largest absolute Gasteiger partial charge is 0.507 e. The van der Waals surface area contributed by atoms with Gasteiger partial charge in [0.1, 0.15) is 5.75 Å². The number of nitrogens with zero attached hydrogens (tertiary/aromatic N) is 1. The number of phenols is 1. The van der Waals surface area contributed by atoms with Gasteiger partial charge in [-0.15, -0.1) is 6.42 Å². The number of nitriles is 1. The van der Waals surface area contributed by atoms with Gasteiger partial charge in [0.25, 0.3) is 0 Å². The van der Waals surface area contributed by atoms with Gasteiger partial charge in [0, 0.05) is 0 Å². The van der Waals surface area contributed by atoms with E-state index in [1.807, 2.05) is 6.07 Å². The summed E-state index contributed by atoms with van der Waals surface area (Å²) in [5.41, 5.74) is 0.805. The Balaban J connectivity index is 3.29. The molecule has 0 atom stereocenters. The first-order valence-corrected chi connectivity index (χ1v) is 2.97. The standard InChI is InChI=1S/C9H5NO/c1-2-8-5-7(6-10)3-4-9(8)11/h1,3-5,11H. The maximum atomic E-state index is 9.08. The molecule has 0 aliphatic carbocycles. The minimum Gasteiger partial charge on any atom is -0.507 e. The summed E-state index contributed by atoms with van der Waals surface area (Å²) in [7, 11) is 0. The van der Waals surface area contributed by atoms with Crippen molar-refractivity contribution in [2.45, 2.75) is 0 Å². The Morgan fingerprint density at radius 3 is 2.73 bits per heavy atom. The van der Waals surface area contributed by atoms with Crippen LogP contribution in [0.1, 0.15) is 11.1 Å². The topological polar surface area (TPSA) is 44.0 Å². The molecule has 0 heterocycles. The molecule has 2 nitrogen and oxygen atoms in total. The normalized spacial score (nSPS) is 8.18. The second-order valence-corrected chi connectivity index (χ2v) is 1.99. The average Bonchev–Trinajstić information content (AvgIpc) is 2.05. The lowest BCUT2D eigenvalue weighted by Crippen LogP contribution is -1.78. The zero-order chi connectivity index (χ0) is 8.27. The highest BCUT2D eigenvalue weighted by molar-refractivity contribution is 5.48. The van der Waals surface area contributed by atoms with Gasteiger partial charge < -0.3 is 5.11 Å². The van der Waals surface area contributed by atoms with E-state index in [2.05, 4.69) is 5.92 Å². The molecule has 0 aliphatic heterocycles. The molecule has 0 aliphatic rings. The van der Waals surface area contributed by atoms with Crippen molar-refractivity contribution in [1.29, 1.82) is 5.26 Å². The first-order chi connectivity index (χ1) is 5.27. The summed E-state index contributed by atoms with van der Waals surface area (Å²) in [6.45, 7) is 0. The summed E-state index contributed by atoms with van der Waals surface area (Å²) < 4.78 is 0. The number of hydrogen-bond acceptors (Lipinski definition) is 2. The molecule has 52 valence electrons. The first-order valence-electron chi connectivity index (χ1n) is 2.97. The molecule has 2 heteroatoms. The van der Waals surface area contributed by atoms with Crippen LogP contribution in [0.4, 0.5) is 0 Å². The fraction of sp³-hybridized carbons (Fsp3) is 0. The van der Waals surface area contributed by atoms with Crippen LogP contribution in [0.3, 0.4) is 0 Å². The lowest BCUT2D eigenvalue weighted by molar-refractivity contribution is 0.473. The number of terminal acetylenes is 1. The summed E-state index contributed by atoms with van der Waals surface area (Å²) in [5, 5.41) is 17.5. The molecule has 0 radical (unpaired) electrons. The zero-order valence-electron chi connectivity index (χ0n) is 5.70. The van der Waals surface area contributed by atoms with Crippen molar-refractivity contribution in [2.75, 3.05) is 0 Å². The maximum Gasteiger partial charge on any atom is 0.131 e. The first kappa shape index (κ1) is 7.18. The van der Waals surface area contributed by atoms with Crippen LogP contribution < -0.4 is 0 Å². The van der Waals surface area contributed by atoms with Crippen molar-refractivity contribution in [2.24, 2.45) is 0 Å². The van der Waals surface area contributed by atoms with Gasteiger partial charge in [-0.3, -0.25) is 0 Å². The van der Waals surface area contributed by atoms with Crippen molar-refractivity contribution >= 4 is 0 Å². The summed E-state index contributed by atoms with van der Waals surface area (Å²) in [4.78, 5) is 0. The molecule has 0 spiro atoms. The van der Waals surface area contributed by atoms with Gasteiger partial charge in [-0.05, 0) is 18.2 Å². The van der Waals surface area contributed by atoms with E-state index in [9.17, 15) is 0 Å². The van der Waals surface area contributed by atoms with E-state index in [-0.39, 0.29) is 5.75 Å². The monoisotopic (exact) mass is 143 g/mol. The fourth-order valence-electron chi connectivity index (χ4n) is 0.721. The third-order valence-corrected chi connectivity index (χ3v) is 1.28. The third-order valence-electron chi connectivity index (χ3n) is 1.28. The third kappa shape index (κ3) is 1.31. The van der Waals surface area contributed by atoms with Gasteiger partial charge in [0.15, 0.2) is 0 Å². The molecule has 0 saturated heterocycles. The van der Waals surface area contributed by atoms with Crippen LogP contribution in [0.25, 0.3) is 0 Å². The quantitative estimate of drug-likeness (QED) is 0.555. The summed E-state index contributed by atoms with van der Waals surface area (Å²) in [6, 6.07) is 6.31. The molecule has 1 aromatic carbocycles. The van der Waals surface area contributed by atoms with Gasteiger partial charge in [0.2, 0.25) is 0 Å². The van der Waals surface area contributed by atoms with Crippen LogP contribution in [0, 0.1) is 23.7 Å². The summed E-state index contributed by atoms with van der Waals surface area (Å²) in [6.07, 6.45) is 5.05. The zero-order valence-corrected chi connectivity index (χ0v) is 5.70. The van der Waals surface area contributed by atoms with E-state index in [1.54, 1.807) is 0 Å². The molecular weight excluding hydrogens is 138 g/mol. The lowest BCUT2D eigenvalue weighted by atomic mass is 10.1. The predicted octanol–water partition coefficient (Wildman–Crippen LogP) is 1.25. The van der Waals surface area contributed by atoms with Crippen molar-refractivity contribution in [3.8, 4) is 24.2 Å². The van der Waals surface area contributed by atoms with Crippen LogP contribution in [-0.2, 0) is 0 Å². The highest BCUT2D eigenvalue weighted by Crippen LogP contribution is 2.16. The summed E-state index contributed by atoms with van der Waals surface area (Å²) >= 11 is 0. The minimum atomic E-state index is 0.0338. The van der Waals surface area contributed by atoms with E-state index in [1.165, 1.54) is 18.2 Å². The fourth-order valence-corrected chi connectivity index (χ4v) is 0.721. The van der Waals surface area contributed by atoms with Gasteiger partial charge in [-0.1, -0.05) is 5.92 Å². The average molecular weight is 143 g/mol. The van der Waals surface area contributed by atoms with E-state index >= 15 is 0 Å². The highest BCUT2D eigenvalue weighted by Gasteiger charge is 1.97. The Morgan fingerprint density at radius 1 is 1.45 bits per heavy atom. The van der Waals surface area contributed by atoms with E-state index in [0.29, 0.717) is 11.1 Å². The maximum absolute atomic E-state index is 9.08. The van der Waals surface area contributed by atoms with Crippen LogP contribution in [0.2, 0.25) is 0 Å². The Bertz CT molecular complexity index is 355. The van der Waals surface area contributed by atoms with Gasteiger partial charge in [-0.2, -0.15) is 5.26 Å². The molecule has 11 heavy (non-hydrogen) atoms. The Kier molecular flexibility index (Phi) is 1.81. The number of hydrogen-bond donors (Lipinski definition) is 1. The summed E-state index contributed by atoms with van der Waals surface area (Å²) in [5.74, 6) is 2.30. The van der Waals surface area contributed by atoms with E-state index < -0.39 is 0 Å². The van der Waals surface area contributed by atoms with Crippen LogP contribution >= 0.6 is 0 Å². The Labute approximate surface area is 64.7 Å². The van der Waals surface area contributed by atoms with Crippen LogP contribution in [0.15, 0.2) is 18.2 Å². The number of rotatable bonds is 0. The predicted molar refractivity (Wildman–Crippen MR) is 40.8 cm³/mol.